The fourth-order valence-corrected chi connectivity index (χ4v) is 3.06. The van der Waals surface area contributed by atoms with Crippen LogP contribution in [0.5, 0.6) is 11.5 Å². The molecular weight excluding hydrogens is 364 g/mol. The van der Waals surface area contributed by atoms with Gasteiger partial charge in [0.05, 0.1) is 13.2 Å². The zero-order chi connectivity index (χ0) is 21.3. The summed E-state index contributed by atoms with van der Waals surface area (Å²) in [6.45, 7) is 8.37. The van der Waals surface area contributed by atoms with Crippen molar-refractivity contribution in [3.63, 3.8) is 0 Å². The largest absolute Gasteiger partial charge is 0.490 e. The van der Waals surface area contributed by atoms with Crippen molar-refractivity contribution < 1.29 is 18.9 Å². The van der Waals surface area contributed by atoms with Gasteiger partial charge < -0.3 is 18.9 Å². The highest BCUT2D eigenvalue weighted by molar-refractivity contribution is 5.49. The molecule has 4 nitrogen and oxygen atoms in total. The summed E-state index contributed by atoms with van der Waals surface area (Å²) in [4.78, 5) is 0. The first-order valence-electron chi connectivity index (χ1n) is 9.91. The first kappa shape index (κ1) is 22.8. The standard InChI is InChI=1S/C25H32O4/c1-7-19-15-20(17-26-5)24(21(16-19)18-27-6)29-14-13-28-23-11-9-22(10-12-23)25(3,4)8-2/h1,9-12,15-16H,8,13-14,17-18H2,2-6H3. The highest BCUT2D eigenvalue weighted by Crippen LogP contribution is 2.29. The predicted molar refractivity (Wildman–Crippen MR) is 117 cm³/mol. The van der Waals surface area contributed by atoms with Gasteiger partial charge in [-0.15, -0.1) is 6.42 Å². The van der Waals surface area contributed by atoms with Crippen LogP contribution in [0.4, 0.5) is 0 Å². The molecule has 0 saturated carbocycles. The first-order valence-corrected chi connectivity index (χ1v) is 9.91. The number of hydrogen-bond acceptors (Lipinski definition) is 4. The van der Waals surface area contributed by atoms with Gasteiger partial charge in [0.25, 0.3) is 0 Å². The van der Waals surface area contributed by atoms with E-state index in [-0.39, 0.29) is 5.41 Å². The van der Waals surface area contributed by atoms with Crippen LogP contribution >= 0.6 is 0 Å². The Morgan fingerprint density at radius 1 is 0.897 bits per heavy atom. The molecule has 2 rings (SSSR count). The van der Waals surface area contributed by atoms with E-state index < -0.39 is 0 Å². The van der Waals surface area contributed by atoms with Gasteiger partial charge in [-0.25, -0.2) is 0 Å². The number of rotatable bonds is 11. The van der Waals surface area contributed by atoms with Crippen LogP contribution < -0.4 is 9.47 Å². The molecule has 0 aliphatic rings. The smallest absolute Gasteiger partial charge is 0.130 e. The van der Waals surface area contributed by atoms with Crippen LogP contribution in [0, 0.1) is 12.3 Å². The molecule has 156 valence electrons. The molecule has 0 aliphatic carbocycles. The average molecular weight is 397 g/mol. The van der Waals surface area contributed by atoms with Gasteiger partial charge >= 0.3 is 0 Å². The van der Waals surface area contributed by atoms with Crippen LogP contribution in [-0.4, -0.2) is 27.4 Å². The van der Waals surface area contributed by atoms with Crippen molar-refractivity contribution in [3.05, 3.63) is 58.7 Å². The second-order valence-electron chi connectivity index (χ2n) is 7.59. The van der Waals surface area contributed by atoms with Crippen molar-refractivity contribution in [1.29, 1.82) is 0 Å². The maximum absolute atomic E-state index is 6.04. The van der Waals surface area contributed by atoms with Gasteiger partial charge in [0.1, 0.15) is 24.7 Å². The summed E-state index contributed by atoms with van der Waals surface area (Å²) < 4.78 is 22.5. The molecule has 0 radical (unpaired) electrons. The molecule has 0 saturated heterocycles. The summed E-state index contributed by atoms with van der Waals surface area (Å²) in [6.07, 6.45) is 6.66. The normalized spacial score (nSPS) is 11.2. The number of benzene rings is 2. The van der Waals surface area contributed by atoms with Crippen LogP contribution in [0.2, 0.25) is 0 Å². The molecule has 2 aromatic rings. The zero-order valence-electron chi connectivity index (χ0n) is 18.2. The molecule has 0 amide bonds. The fraction of sp³-hybridized carbons (Fsp3) is 0.440. The molecule has 0 heterocycles. The minimum absolute atomic E-state index is 0.168. The van der Waals surface area contributed by atoms with E-state index in [0.717, 1.165) is 34.6 Å². The SMILES string of the molecule is C#Cc1cc(COC)c(OCCOc2ccc(C(C)(C)CC)cc2)c(COC)c1. The maximum atomic E-state index is 6.04. The van der Waals surface area contributed by atoms with Gasteiger partial charge in [-0.05, 0) is 41.7 Å². The van der Waals surface area contributed by atoms with Gasteiger partial charge in [-0.3, -0.25) is 0 Å². The highest BCUT2D eigenvalue weighted by Gasteiger charge is 2.17. The third-order valence-corrected chi connectivity index (χ3v) is 5.13. The Morgan fingerprint density at radius 2 is 1.45 bits per heavy atom. The molecular formula is C25H32O4. The zero-order valence-corrected chi connectivity index (χ0v) is 18.2. The molecule has 0 bridgehead atoms. The second kappa shape index (κ2) is 10.9. The van der Waals surface area contributed by atoms with E-state index in [1.165, 1.54) is 5.56 Å². The molecule has 0 unspecified atom stereocenters. The topological polar surface area (TPSA) is 36.9 Å². The van der Waals surface area contributed by atoms with Crippen molar-refractivity contribution in [2.45, 2.75) is 45.8 Å². The van der Waals surface area contributed by atoms with E-state index in [0.29, 0.717) is 26.4 Å². The van der Waals surface area contributed by atoms with Crippen molar-refractivity contribution in [2.75, 3.05) is 27.4 Å². The fourth-order valence-electron chi connectivity index (χ4n) is 3.06. The van der Waals surface area contributed by atoms with Gasteiger partial charge in [0.2, 0.25) is 0 Å². The second-order valence-corrected chi connectivity index (χ2v) is 7.59. The maximum Gasteiger partial charge on any atom is 0.130 e. The van der Waals surface area contributed by atoms with E-state index in [9.17, 15) is 0 Å². The Morgan fingerprint density at radius 3 is 1.93 bits per heavy atom. The Hall–Kier alpha value is -2.48. The summed E-state index contributed by atoms with van der Waals surface area (Å²) in [6, 6.07) is 12.1. The van der Waals surface area contributed by atoms with Crippen LogP contribution in [-0.2, 0) is 28.1 Å². The van der Waals surface area contributed by atoms with E-state index in [4.69, 9.17) is 25.4 Å². The third-order valence-electron chi connectivity index (χ3n) is 5.13. The summed E-state index contributed by atoms with van der Waals surface area (Å²) >= 11 is 0. The summed E-state index contributed by atoms with van der Waals surface area (Å²) in [5, 5.41) is 0. The number of terminal acetylenes is 1. The third kappa shape index (κ3) is 6.25. The van der Waals surface area contributed by atoms with Crippen LogP contribution in [0.3, 0.4) is 0 Å². The van der Waals surface area contributed by atoms with Crippen LogP contribution in [0.1, 0.15) is 49.4 Å². The number of ether oxygens (including phenoxy) is 4. The lowest BCUT2D eigenvalue weighted by atomic mass is 9.82. The minimum Gasteiger partial charge on any atom is -0.490 e. The molecule has 4 heteroatoms. The number of hydrogen-bond donors (Lipinski definition) is 0. The van der Waals surface area contributed by atoms with Crippen molar-refractivity contribution in [1.82, 2.24) is 0 Å². The highest BCUT2D eigenvalue weighted by atomic mass is 16.5. The van der Waals surface area contributed by atoms with Gasteiger partial charge in [0.15, 0.2) is 0 Å². The summed E-state index contributed by atoms with van der Waals surface area (Å²) in [5.74, 6) is 4.25. The first-order chi connectivity index (χ1) is 13.9. The molecule has 0 N–H and O–H groups in total. The van der Waals surface area contributed by atoms with E-state index in [1.807, 2.05) is 24.3 Å². The Labute approximate surface area is 175 Å². The van der Waals surface area contributed by atoms with Crippen molar-refractivity contribution in [2.24, 2.45) is 0 Å². The van der Waals surface area contributed by atoms with Gasteiger partial charge in [-0.2, -0.15) is 0 Å². The molecule has 2 aromatic carbocycles. The van der Waals surface area contributed by atoms with E-state index >= 15 is 0 Å². The van der Waals surface area contributed by atoms with Crippen LogP contribution in [0.15, 0.2) is 36.4 Å². The molecule has 0 atom stereocenters. The predicted octanol–water partition coefficient (Wildman–Crippen LogP) is 5.11. The molecule has 0 aliphatic heterocycles. The Bertz CT molecular complexity index is 789. The summed E-state index contributed by atoms with van der Waals surface area (Å²) in [5.41, 5.74) is 4.07. The lowest BCUT2D eigenvalue weighted by Crippen LogP contribution is -2.15. The quantitative estimate of drug-likeness (QED) is 0.391. The van der Waals surface area contributed by atoms with Crippen LogP contribution in [0.25, 0.3) is 0 Å². The van der Waals surface area contributed by atoms with E-state index in [2.05, 4.69) is 38.8 Å². The lowest BCUT2D eigenvalue weighted by molar-refractivity contribution is 0.164. The Kier molecular flexibility index (Phi) is 8.57. The monoisotopic (exact) mass is 396 g/mol. The average Bonchev–Trinajstić information content (AvgIpc) is 2.73. The summed E-state index contributed by atoms with van der Waals surface area (Å²) in [7, 11) is 3.30. The molecule has 0 fully saturated rings. The van der Waals surface area contributed by atoms with E-state index in [1.54, 1.807) is 14.2 Å². The molecule has 0 spiro atoms. The molecule has 29 heavy (non-hydrogen) atoms. The van der Waals surface area contributed by atoms with Crippen molar-refractivity contribution in [3.8, 4) is 23.8 Å². The Balaban J connectivity index is 2.02. The van der Waals surface area contributed by atoms with Gasteiger partial charge in [0, 0.05) is 30.9 Å². The van der Waals surface area contributed by atoms with Crippen molar-refractivity contribution >= 4 is 0 Å². The minimum atomic E-state index is 0.168. The lowest BCUT2D eigenvalue weighted by Gasteiger charge is -2.23. The van der Waals surface area contributed by atoms with Gasteiger partial charge in [-0.1, -0.05) is 38.8 Å². The molecule has 0 aromatic heterocycles. The number of methoxy groups -OCH3 is 2.